The molecule has 0 radical (unpaired) electrons. The lowest BCUT2D eigenvalue weighted by atomic mass is 9.95. The van der Waals surface area contributed by atoms with E-state index in [4.69, 9.17) is 0 Å². The van der Waals surface area contributed by atoms with E-state index in [9.17, 15) is 18.0 Å². The molecule has 0 saturated heterocycles. The van der Waals surface area contributed by atoms with E-state index in [1.807, 2.05) is 0 Å². The number of hydrogen-bond donors (Lipinski definition) is 0. The topological polar surface area (TPSA) is 20.3 Å². The summed E-state index contributed by atoms with van der Waals surface area (Å²) in [6, 6.07) is 0. The fourth-order valence-corrected chi connectivity index (χ4v) is 1.09. The van der Waals surface area contributed by atoms with Crippen LogP contribution in [0, 0.1) is 5.41 Å². The zero-order valence-electron chi connectivity index (χ0n) is 7.98. The Balaban J connectivity index is 4.01. The molecule has 0 unspecified atom stereocenters. The van der Waals surface area contributed by atoms with Gasteiger partial charge in [-0.1, -0.05) is 13.8 Å². The molecule has 0 saturated carbocycles. The average Bonchev–Trinajstić information content (AvgIpc) is 1.81. The number of halogens is 3. The van der Waals surface area contributed by atoms with E-state index < -0.39 is 18.1 Å². The predicted molar refractivity (Wildman–Crippen MR) is 43.4 cm³/mol. The van der Waals surface area contributed by atoms with E-state index in [1.54, 1.807) is 13.8 Å². The lowest BCUT2D eigenvalue weighted by Crippen LogP contribution is -2.38. The van der Waals surface area contributed by atoms with Crippen molar-refractivity contribution in [2.45, 2.75) is 20.0 Å². The molecule has 0 aliphatic carbocycles. The van der Waals surface area contributed by atoms with Crippen LogP contribution in [-0.2, 0) is 4.79 Å². The van der Waals surface area contributed by atoms with Crippen molar-refractivity contribution in [2.24, 2.45) is 5.41 Å². The number of aldehydes is 1. The number of carbonyl (C=O) groups is 1. The van der Waals surface area contributed by atoms with Gasteiger partial charge in [0.1, 0.15) is 6.29 Å². The smallest absolute Gasteiger partial charge is 0.303 e. The highest BCUT2D eigenvalue weighted by Crippen LogP contribution is 2.18. The summed E-state index contributed by atoms with van der Waals surface area (Å²) in [6.07, 6.45) is -3.53. The molecule has 0 bridgehead atoms. The second-order valence-electron chi connectivity index (χ2n) is 3.89. The molecular formula is C8H14F3NO. The van der Waals surface area contributed by atoms with Crippen molar-refractivity contribution in [3.63, 3.8) is 0 Å². The lowest BCUT2D eigenvalue weighted by Gasteiger charge is -2.25. The van der Waals surface area contributed by atoms with Gasteiger partial charge in [0, 0.05) is 12.0 Å². The van der Waals surface area contributed by atoms with Gasteiger partial charge in [-0.2, -0.15) is 13.2 Å². The Morgan fingerprint density at radius 3 is 2.00 bits per heavy atom. The van der Waals surface area contributed by atoms with Crippen molar-refractivity contribution in [1.29, 1.82) is 0 Å². The highest BCUT2D eigenvalue weighted by molar-refractivity contribution is 5.58. The van der Waals surface area contributed by atoms with E-state index in [0.29, 0.717) is 6.29 Å². The fraction of sp³-hybridized carbons (Fsp3) is 0.875. The molecule has 5 heteroatoms. The quantitative estimate of drug-likeness (QED) is 0.639. The number of hydrogen-bond acceptors (Lipinski definition) is 2. The van der Waals surface area contributed by atoms with Crippen LogP contribution < -0.4 is 0 Å². The molecule has 0 fully saturated rings. The van der Waals surface area contributed by atoms with Crippen molar-refractivity contribution in [1.82, 2.24) is 4.90 Å². The molecule has 0 spiro atoms. The predicted octanol–water partition coefficient (Wildman–Crippen LogP) is 1.71. The molecule has 0 atom stereocenters. The van der Waals surface area contributed by atoms with Crippen molar-refractivity contribution >= 4 is 6.29 Å². The molecule has 0 rings (SSSR count). The SMILES string of the molecule is CN(CC(F)(F)F)CC(C)(C)C=O. The van der Waals surface area contributed by atoms with E-state index in [-0.39, 0.29) is 6.54 Å². The third kappa shape index (κ3) is 6.57. The summed E-state index contributed by atoms with van der Waals surface area (Å²) in [5.74, 6) is 0. The number of rotatable bonds is 4. The van der Waals surface area contributed by atoms with Gasteiger partial charge in [-0.3, -0.25) is 4.90 Å². The normalized spacial score (nSPS) is 13.5. The van der Waals surface area contributed by atoms with Gasteiger partial charge in [0.25, 0.3) is 0 Å². The number of carbonyl (C=O) groups excluding carboxylic acids is 1. The van der Waals surface area contributed by atoms with Crippen molar-refractivity contribution in [3.8, 4) is 0 Å². The molecule has 0 amide bonds. The monoisotopic (exact) mass is 197 g/mol. The number of alkyl halides is 3. The van der Waals surface area contributed by atoms with Crippen LogP contribution in [0.2, 0.25) is 0 Å². The van der Waals surface area contributed by atoms with Crippen LogP contribution in [0.3, 0.4) is 0 Å². The minimum atomic E-state index is -4.20. The summed E-state index contributed by atoms with van der Waals surface area (Å²) in [7, 11) is 1.35. The molecule has 0 aromatic carbocycles. The van der Waals surface area contributed by atoms with Gasteiger partial charge < -0.3 is 4.79 Å². The summed E-state index contributed by atoms with van der Waals surface area (Å²) in [5, 5.41) is 0. The van der Waals surface area contributed by atoms with Crippen LogP contribution in [-0.4, -0.2) is 37.5 Å². The molecule has 2 nitrogen and oxygen atoms in total. The lowest BCUT2D eigenvalue weighted by molar-refractivity contribution is -0.146. The van der Waals surface area contributed by atoms with E-state index >= 15 is 0 Å². The maximum absolute atomic E-state index is 11.9. The molecule has 0 aromatic heterocycles. The van der Waals surface area contributed by atoms with Gasteiger partial charge in [-0.05, 0) is 7.05 Å². The van der Waals surface area contributed by atoms with Gasteiger partial charge in [-0.25, -0.2) is 0 Å². The molecule has 78 valence electrons. The summed E-state index contributed by atoms with van der Waals surface area (Å²) in [6.45, 7) is 2.33. The Morgan fingerprint density at radius 2 is 1.69 bits per heavy atom. The van der Waals surface area contributed by atoms with Gasteiger partial charge >= 0.3 is 6.18 Å². The Bertz CT molecular complexity index is 177. The van der Waals surface area contributed by atoms with Gasteiger partial charge in [0.15, 0.2) is 0 Å². The molecular weight excluding hydrogens is 183 g/mol. The van der Waals surface area contributed by atoms with E-state index in [2.05, 4.69) is 0 Å². The number of nitrogens with zero attached hydrogens (tertiary/aromatic N) is 1. The zero-order valence-corrected chi connectivity index (χ0v) is 7.98. The van der Waals surface area contributed by atoms with E-state index in [1.165, 1.54) is 7.05 Å². The van der Waals surface area contributed by atoms with E-state index in [0.717, 1.165) is 4.90 Å². The molecule has 0 aromatic rings. The first kappa shape index (κ1) is 12.4. The Morgan fingerprint density at radius 1 is 1.23 bits per heavy atom. The standard InChI is InChI=1S/C8H14F3NO/c1-7(2,6-13)4-12(3)5-8(9,10)11/h6H,4-5H2,1-3H3. The first-order valence-electron chi connectivity index (χ1n) is 3.88. The van der Waals surface area contributed by atoms with Crippen molar-refractivity contribution < 1.29 is 18.0 Å². The fourth-order valence-electron chi connectivity index (χ4n) is 1.09. The molecule has 0 heterocycles. The molecule has 13 heavy (non-hydrogen) atoms. The average molecular weight is 197 g/mol. The van der Waals surface area contributed by atoms with Crippen LogP contribution in [0.5, 0.6) is 0 Å². The van der Waals surface area contributed by atoms with Gasteiger partial charge in [0.2, 0.25) is 0 Å². The Kier molecular flexibility index (Phi) is 3.90. The van der Waals surface area contributed by atoms with Crippen LogP contribution in [0.1, 0.15) is 13.8 Å². The summed E-state index contributed by atoms with van der Waals surface area (Å²) >= 11 is 0. The summed E-state index contributed by atoms with van der Waals surface area (Å²) in [4.78, 5) is 11.5. The summed E-state index contributed by atoms with van der Waals surface area (Å²) in [5.41, 5.74) is -0.722. The Hall–Kier alpha value is -0.580. The minimum Gasteiger partial charge on any atom is -0.303 e. The zero-order chi connectivity index (χ0) is 10.7. The second-order valence-corrected chi connectivity index (χ2v) is 3.89. The Labute approximate surface area is 75.7 Å². The third-order valence-electron chi connectivity index (χ3n) is 1.45. The highest BCUT2D eigenvalue weighted by Gasteiger charge is 2.31. The van der Waals surface area contributed by atoms with Crippen LogP contribution >= 0.6 is 0 Å². The van der Waals surface area contributed by atoms with Crippen LogP contribution in [0.15, 0.2) is 0 Å². The molecule has 0 aliphatic rings. The summed E-state index contributed by atoms with van der Waals surface area (Å²) < 4.78 is 35.6. The first-order chi connectivity index (χ1) is 5.66. The molecule has 0 N–H and O–H groups in total. The second kappa shape index (κ2) is 4.09. The van der Waals surface area contributed by atoms with Crippen molar-refractivity contribution in [2.75, 3.05) is 20.1 Å². The van der Waals surface area contributed by atoms with Gasteiger partial charge in [-0.15, -0.1) is 0 Å². The van der Waals surface area contributed by atoms with Crippen LogP contribution in [0.4, 0.5) is 13.2 Å². The third-order valence-corrected chi connectivity index (χ3v) is 1.45. The molecule has 0 aliphatic heterocycles. The maximum atomic E-state index is 11.9. The van der Waals surface area contributed by atoms with Crippen LogP contribution in [0.25, 0.3) is 0 Å². The first-order valence-corrected chi connectivity index (χ1v) is 3.88. The largest absolute Gasteiger partial charge is 0.401 e. The highest BCUT2D eigenvalue weighted by atomic mass is 19.4. The minimum absolute atomic E-state index is 0.107. The van der Waals surface area contributed by atoms with Gasteiger partial charge in [0.05, 0.1) is 6.54 Å². The maximum Gasteiger partial charge on any atom is 0.401 e. The van der Waals surface area contributed by atoms with Crippen molar-refractivity contribution in [3.05, 3.63) is 0 Å².